The van der Waals surface area contributed by atoms with Gasteiger partial charge in [0.1, 0.15) is 16.2 Å². The standard InChI is InChI=1S/C16H23BrN4/c1-21-12-3-2-4-13(21)8-11(7-12)18-15-9-14(17)19-16(20-15)10-5-6-10/h9-13H,2-8H2,1H3,(H,18,19,20). The third-order valence-corrected chi connectivity index (χ3v) is 5.75. The van der Waals surface area contributed by atoms with Gasteiger partial charge in [-0.15, -0.1) is 0 Å². The van der Waals surface area contributed by atoms with E-state index in [1.165, 1.54) is 44.9 Å². The highest BCUT2D eigenvalue weighted by Gasteiger charge is 2.36. The summed E-state index contributed by atoms with van der Waals surface area (Å²) in [5.74, 6) is 2.62. The van der Waals surface area contributed by atoms with Gasteiger partial charge in [0.05, 0.1) is 0 Å². The van der Waals surface area contributed by atoms with Crippen molar-refractivity contribution in [3.8, 4) is 0 Å². The molecule has 2 atom stereocenters. The van der Waals surface area contributed by atoms with E-state index in [1.807, 2.05) is 6.07 Å². The Morgan fingerprint density at radius 2 is 1.86 bits per heavy atom. The topological polar surface area (TPSA) is 41.0 Å². The molecule has 21 heavy (non-hydrogen) atoms. The Bertz CT molecular complexity index is 517. The molecule has 3 heterocycles. The Labute approximate surface area is 134 Å². The highest BCUT2D eigenvalue weighted by molar-refractivity contribution is 9.10. The maximum atomic E-state index is 4.74. The van der Waals surface area contributed by atoms with Crippen molar-refractivity contribution in [3.63, 3.8) is 0 Å². The van der Waals surface area contributed by atoms with Crippen molar-refractivity contribution in [3.05, 3.63) is 16.5 Å². The Morgan fingerprint density at radius 3 is 2.52 bits per heavy atom. The van der Waals surface area contributed by atoms with Gasteiger partial charge in [-0.05, 0) is 61.5 Å². The van der Waals surface area contributed by atoms with Gasteiger partial charge in [0.2, 0.25) is 0 Å². The molecular formula is C16H23BrN4. The van der Waals surface area contributed by atoms with Crippen LogP contribution in [0.3, 0.4) is 0 Å². The number of piperidine rings is 2. The molecule has 1 N–H and O–H groups in total. The first-order chi connectivity index (χ1) is 10.2. The second kappa shape index (κ2) is 5.51. The molecule has 1 saturated carbocycles. The van der Waals surface area contributed by atoms with E-state index < -0.39 is 0 Å². The molecule has 0 amide bonds. The minimum atomic E-state index is 0.561. The van der Waals surface area contributed by atoms with Gasteiger partial charge >= 0.3 is 0 Å². The summed E-state index contributed by atoms with van der Waals surface area (Å²) in [5, 5.41) is 3.69. The third-order valence-electron chi connectivity index (χ3n) is 5.35. The first-order valence-electron chi connectivity index (χ1n) is 8.22. The molecule has 5 heteroatoms. The van der Waals surface area contributed by atoms with E-state index in [9.17, 15) is 0 Å². The molecule has 2 saturated heterocycles. The van der Waals surface area contributed by atoms with Crippen molar-refractivity contribution >= 4 is 21.7 Å². The lowest BCUT2D eigenvalue weighted by Gasteiger charge is -2.47. The van der Waals surface area contributed by atoms with Crippen molar-refractivity contribution < 1.29 is 0 Å². The second-order valence-corrected chi connectivity index (χ2v) is 7.74. The van der Waals surface area contributed by atoms with Gasteiger partial charge in [0, 0.05) is 30.1 Å². The molecule has 2 unspecified atom stereocenters. The number of nitrogens with zero attached hydrogens (tertiary/aromatic N) is 3. The van der Waals surface area contributed by atoms with Crippen LogP contribution in [0.15, 0.2) is 10.7 Å². The molecule has 2 aliphatic heterocycles. The van der Waals surface area contributed by atoms with Crippen LogP contribution in [0.1, 0.15) is 56.7 Å². The lowest BCUT2D eigenvalue weighted by Crippen LogP contribution is -2.52. The molecule has 114 valence electrons. The van der Waals surface area contributed by atoms with E-state index in [0.717, 1.165) is 28.3 Å². The molecule has 3 fully saturated rings. The minimum Gasteiger partial charge on any atom is -0.367 e. The van der Waals surface area contributed by atoms with Crippen LogP contribution in [0.2, 0.25) is 0 Å². The highest BCUT2D eigenvalue weighted by Crippen LogP contribution is 2.39. The van der Waals surface area contributed by atoms with Crippen LogP contribution >= 0.6 is 15.9 Å². The first kappa shape index (κ1) is 13.9. The Balaban J connectivity index is 1.48. The maximum Gasteiger partial charge on any atom is 0.135 e. The van der Waals surface area contributed by atoms with E-state index in [0.29, 0.717) is 12.0 Å². The molecule has 2 bridgehead atoms. The van der Waals surface area contributed by atoms with E-state index >= 15 is 0 Å². The summed E-state index contributed by atoms with van der Waals surface area (Å²) < 4.78 is 0.912. The third kappa shape index (κ3) is 2.95. The van der Waals surface area contributed by atoms with E-state index in [4.69, 9.17) is 4.98 Å². The number of halogens is 1. The van der Waals surface area contributed by atoms with Crippen molar-refractivity contribution in [1.82, 2.24) is 14.9 Å². The molecule has 0 aromatic carbocycles. The maximum absolute atomic E-state index is 4.74. The summed E-state index contributed by atoms with van der Waals surface area (Å²) in [7, 11) is 2.30. The first-order valence-corrected chi connectivity index (χ1v) is 9.01. The summed E-state index contributed by atoms with van der Waals surface area (Å²) in [6.07, 6.45) is 9.08. The van der Waals surface area contributed by atoms with Crippen LogP contribution < -0.4 is 5.32 Å². The number of hydrogen-bond acceptors (Lipinski definition) is 4. The predicted molar refractivity (Wildman–Crippen MR) is 87.5 cm³/mol. The van der Waals surface area contributed by atoms with Crippen molar-refractivity contribution in [2.24, 2.45) is 0 Å². The second-order valence-electron chi connectivity index (χ2n) is 6.93. The zero-order chi connectivity index (χ0) is 14.4. The average molecular weight is 351 g/mol. The largest absolute Gasteiger partial charge is 0.367 e. The summed E-state index contributed by atoms with van der Waals surface area (Å²) in [6.45, 7) is 0. The number of anilines is 1. The monoisotopic (exact) mass is 350 g/mol. The van der Waals surface area contributed by atoms with E-state index in [1.54, 1.807) is 0 Å². The SMILES string of the molecule is CN1C2CCCC1CC(Nc1cc(Br)nc(C3CC3)n1)C2. The molecule has 1 aromatic rings. The molecule has 4 nitrogen and oxygen atoms in total. The zero-order valence-corrected chi connectivity index (χ0v) is 14.1. The number of aromatic nitrogens is 2. The molecular weight excluding hydrogens is 328 g/mol. The Hall–Kier alpha value is -0.680. The van der Waals surface area contributed by atoms with E-state index in [2.05, 4.69) is 38.2 Å². The summed E-state index contributed by atoms with van der Waals surface area (Å²) >= 11 is 3.53. The zero-order valence-electron chi connectivity index (χ0n) is 12.6. The van der Waals surface area contributed by atoms with E-state index in [-0.39, 0.29) is 0 Å². The van der Waals surface area contributed by atoms with Crippen LogP contribution in [-0.2, 0) is 0 Å². The normalized spacial score (nSPS) is 33.0. The lowest BCUT2D eigenvalue weighted by atomic mass is 9.82. The number of rotatable bonds is 3. The van der Waals surface area contributed by atoms with Crippen LogP contribution in [0.5, 0.6) is 0 Å². The van der Waals surface area contributed by atoms with Crippen LogP contribution in [0.25, 0.3) is 0 Å². The van der Waals surface area contributed by atoms with Crippen LogP contribution in [0.4, 0.5) is 5.82 Å². The average Bonchev–Trinajstić information content (AvgIpc) is 3.23. The summed E-state index contributed by atoms with van der Waals surface area (Å²) in [6, 6.07) is 4.09. The van der Waals surface area contributed by atoms with Crippen molar-refractivity contribution in [2.45, 2.75) is 69.0 Å². The van der Waals surface area contributed by atoms with Crippen molar-refractivity contribution in [1.29, 1.82) is 0 Å². The fraction of sp³-hybridized carbons (Fsp3) is 0.750. The van der Waals surface area contributed by atoms with Gasteiger partial charge in [-0.1, -0.05) is 6.42 Å². The summed E-state index contributed by atoms with van der Waals surface area (Å²) in [4.78, 5) is 11.9. The number of hydrogen-bond donors (Lipinski definition) is 1. The van der Waals surface area contributed by atoms with Crippen molar-refractivity contribution in [2.75, 3.05) is 12.4 Å². The molecule has 1 aromatic heterocycles. The van der Waals surface area contributed by atoms with Gasteiger partial charge in [-0.3, -0.25) is 0 Å². The van der Waals surface area contributed by atoms with Gasteiger partial charge in [0.25, 0.3) is 0 Å². The highest BCUT2D eigenvalue weighted by atomic mass is 79.9. The smallest absolute Gasteiger partial charge is 0.135 e. The van der Waals surface area contributed by atoms with Gasteiger partial charge in [0.15, 0.2) is 0 Å². The number of fused-ring (bicyclic) bond motifs is 2. The van der Waals surface area contributed by atoms with Crippen LogP contribution in [-0.4, -0.2) is 40.0 Å². The number of nitrogens with one attached hydrogen (secondary N) is 1. The van der Waals surface area contributed by atoms with Crippen LogP contribution in [0, 0.1) is 0 Å². The quantitative estimate of drug-likeness (QED) is 0.846. The molecule has 4 rings (SSSR count). The van der Waals surface area contributed by atoms with Gasteiger partial charge in [-0.25, -0.2) is 9.97 Å². The Morgan fingerprint density at radius 1 is 1.14 bits per heavy atom. The molecule has 0 spiro atoms. The summed E-state index contributed by atoms with van der Waals surface area (Å²) in [5.41, 5.74) is 0. The fourth-order valence-corrected chi connectivity index (χ4v) is 4.37. The Kier molecular flexibility index (Phi) is 3.66. The molecule has 1 aliphatic carbocycles. The molecule has 3 aliphatic rings. The predicted octanol–water partition coefficient (Wildman–Crippen LogP) is 3.54. The molecule has 0 radical (unpaired) electrons. The lowest BCUT2D eigenvalue weighted by molar-refractivity contribution is 0.0608. The fourth-order valence-electron chi connectivity index (χ4n) is 3.98. The van der Waals surface area contributed by atoms with Gasteiger partial charge in [-0.2, -0.15) is 0 Å². The van der Waals surface area contributed by atoms with Gasteiger partial charge < -0.3 is 10.2 Å². The minimum absolute atomic E-state index is 0.561.